The first-order valence-electron chi connectivity index (χ1n) is 32.2. The van der Waals surface area contributed by atoms with Crippen molar-refractivity contribution >= 4 is 41.4 Å². The minimum Gasteiger partial charge on any atom is -0.549 e. The molecule has 0 aliphatic carbocycles. The van der Waals surface area contributed by atoms with E-state index in [0.29, 0.717) is 12.1 Å². The number of anilines is 1. The SMILES string of the molecule is CCCCCCCCCCCCCCCCCCN(CCCCCCCCCCCCCCCCCC)C(=O)CCC(=O)Nc1ccc(CCC(C(=O)[O-])N2CCN(CC(=O)[O-])CCN(CC(=O)[O-])CCN(CC(=O)[O-])CC2)cc1.[Gd+3]. The summed E-state index contributed by atoms with van der Waals surface area (Å²) in [5.74, 6) is -5.56. The van der Waals surface area contributed by atoms with Gasteiger partial charge in [-0.2, -0.15) is 0 Å². The van der Waals surface area contributed by atoms with E-state index in [1.165, 1.54) is 180 Å². The van der Waals surface area contributed by atoms with Crippen molar-refractivity contribution in [3.05, 3.63) is 29.8 Å². The van der Waals surface area contributed by atoms with E-state index in [1.807, 2.05) is 17.0 Å². The number of nitrogens with one attached hydrogen (secondary N) is 1. The number of carbonyl (C=O) groups excluding carboxylic acids is 6. The molecule has 1 aliphatic heterocycles. The van der Waals surface area contributed by atoms with Crippen LogP contribution in [0.2, 0.25) is 0 Å². The summed E-state index contributed by atoms with van der Waals surface area (Å²) in [6.07, 6.45) is 42.2. The third kappa shape index (κ3) is 42.6. The van der Waals surface area contributed by atoms with Crippen LogP contribution in [0.25, 0.3) is 0 Å². The molecule has 1 aromatic rings. The summed E-state index contributed by atoms with van der Waals surface area (Å²) in [4.78, 5) is 82.6. The van der Waals surface area contributed by atoms with Crippen LogP contribution in [-0.2, 0) is 35.2 Å². The summed E-state index contributed by atoms with van der Waals surface area (Å²) in [5.41, 5.74) is 1.37. The maximum Gasteiger partial charge on any atom is 3.00 e. The summed E-state index contributed by atoms with van der Waals surface area (Å²) in [7, 11) is 0. The van der Waals surface area contributed by atoms with Crippen molar-refractivity contribution in [1.82, 2.24) is 24.5 Å². The van der Waals surface area contributed by atoms with Gasteiger partial charge in [0.2, 0.25) is 11.8 Å². The molecule has 1 atom stereocenters. The summed E-state index contributed by atoms with van der Waals surface area (Å²) in [5, 5.41) is 50.3. The predicted octanol–water partition coefficient (Wildman–Crippen LogP) is 7.28. The Bertz CT molecular complexity index is 1710. The van der Waals surface area contributed by atoms with Crippen LogP contribution in [0.1, 0.15) is 244 Å². The van der Waals surface area contributed by atoms with Crippen LogP contribution in [0.15, 0.2) is 24.3 Å². The molecule has 2 rings (SSSR count). The average Bonchev–Trinajstić information content (AvgIpc) is 3.42. The van der Waals surface area contributed by atoms with Crippen molar-refractivity contribution in [2.45, 2.75) is 251 Å². The van der Waals surface area contributed by atoms with E-state index >= 15 is 0 Å². The monoisotopic (exact) mass is 1280 g/mol. The van der Waals surface area contributed by atoms with E-state index in [2.05, 4.69) is 19.2 Å². The molecule has 1 radical (unpaired) electrons. The van der Waals surface area contributed by atoms with Gasteiger partial charge >= 0.3 is 39.9 Å². The second-order valence-corrected chi connectivity index (χ2v) is 23.1. The molecule has 1 unspecified atom stereocenters. The van der Waals surface area contributed by atoms with Crippen molar-refractivity contribution in [2.75, 3.05) is 90.4 Å². The van der Waals surface area contributed by atoms with E-state index in [1.54, 1.807) is 31.7 Å². The van der Waals surface area contributed by atoms with Crippen LogP contribution < -0.4 is 25.7 Å². The normalized spacial score (nSPS) is 14.6. The molecule has 1 aliphatic rings. The molecule has 81 heavy (non-hydrogen) atoms. The first-order valence-corrected chi connectivity index (χ1v) is 32.2. The Morgan fingerprint density at radius 3 is 1.06 bits per heavy atom. The van der Waals surface area contributed by atoms with E-state index in [0.717, 1.165) is 44.3 Å². The Hall–Kier alpha value is -2.80. The fraction of sp³-hybridized carbons (Fsp3) is 0.812. The number of benzene rings is 1. The number of aliphatic carboxylic acids is 4. The molecule has 0 spiro atoms. The number of rotatable bonds is 49. The maximum absolute atomic E-state index is 13.7. The summed E-state index contributed by atoms with van der Waals surface area (Å²) in [6.45, 7) is 5.71. The summed E-state index contributed by atoms with van der Waals surface area (Å²) in [6, 6.07) is 6.01. The third-order valence-corrected chi connectivity index (χ3v) is 16.1. The van der Waals surface area contributed by atoms with Gasteiger partial charge in [0, 0.05) is 110 Å². The maximum atomic E-state index is 13.7. The molecule has 1 heterocycles. The van der Waals surface area contributed by atoms with Crippen LogP contribution in [0, 0.1) is 39.9 Å². The number of carboxylic acids is 4. The van der Waals surface area contributed by atoms with Gasteiger partial charge in [0.1, 0.15) is 0 Å². The van der Waals surface area contributed by atoms with Gasteiger partial charge in [0.15, 0.2) is 0 Å². The Kier molecular flexibility index (Phi) is 48.6. The summed E-state index contributed by atoms with van der Waals surface area (Å²) >= 11 is 0. The molecule has 16 nitrogen and oxygen atoms in total. The molecule has 1 N–H and O–H groups in total. The van der Waals surface area contributed by atoms with Gasteiger partial charge in [-0.1, -0.05) is 219 Å². The second kappa shape index (κ2) is 51.6. The van der Waals surface area contributed by atoms with Crippen molar-refractivity contribution in [3.63, 3.8) is 0 Å². The molecular formula is C64H110GdN6O10-. The smallest absolute Gasteiger partial charge is 0.549 e. The van der Waals surface area contributed by atoms with Crippen molar-refractivity contribution < 1.29 is 89.1 Å². The second-order valence-electron chi connectivity index (χ2n) is 23.1. The van der Waals surface area contributed by atoms with Gasteiger partial charge in [0.05, 0.1) is 23.9 Å². The van der Waals surface area contributed by atoms with E-state index in [4.69, 9.17) is 0 Å². The van der Waals surface area contributed by atoms with Crippen molar-refractivity contribution in [2.24, 2.45) is 0 Å². The van der Waals surface area contributed by atoms with Gasteiger partial charge in [0.25, 0.3) is 0 Å². The molecule has 17 heteroatoms. The molecule has 0 saturated carbocycles. The van der Waals surface area contributed by atoms with Gasteiger partial charge < -0.3 is 49.8 Å². The van der Waals surface area contributed by atoms with E-state index < -0.39 is 49.6 Å². The third-order valence-electron chi connectivity index (χ3n) is 16.1. The zero-order valence-corrected chi connectivity index (χ0v) is 53.0. The Labute approximate surface area is 522 Å². The van der Waals surface area contributed by atoms with Crippen molar-refractivity contribution in [1.29, 1.82) is 0 Å². The predicted molar refractivity (Wildman–Crippen MR) is 313 cm³/mol. The molecule has 2 amide bonds. The number of aryl methyl sites for hydroxylation is 1. The first-order chi connectivity index (χ1) is 38.8. The molecular weight excluding hydrogens is 1170 g/mol. The zero-order chi connectivity index (χ0) is 58.3. The van der Waals surface area contributed by atoms with E-state index in [9.17, 15) is 49.2 Å². The Morgan fingerprint density at radius 2 is 0.753 bits per heavy atom. The van der Waals surface area contributed by atoms with Crippen LogP contribution in [-0.4, -0.2) is 151 Å². The quantitative estimate of drug-likeness (QED) is 0.0634. The Morgan fingerprint density at radius 1 is 0.444 bits per heavy atom. The number of hydrogen-bond acceptors (Lipinski definition) is 14. The largest absolute Gasteiger partial charge is 3.00 e. The van der Waals surface area contributed by atoms with Gasteiger partial charge in [-0.15, -0.1) is 0 Å². The van der Waals surface area contributed by atoms with Crippen LogP contribution in [0.5, 0.6) is 0 Å². The number of carboxylic acid groups (broad SMARTS) is 4. The molecule has 1 saturated heterocycles. The molecule has 1 fully saturated rings. The minimum atomic E-state index is -1.33. The van der Waals surface area contributed by atoms with Crippen LogP contribution >= 0.6 is 0 Å². The molecule has 465 valence electrons. The molecule has 0 aromatic heterocycles. The Balaban J connectivity index is 0.0000328. The number of nitrogens with zero attached hydrogens (tertiary/aromatic N) is 5. The topological polar surface area (TPSA) is 223 Å². The van der Waals surface area contributed by atoms with E-state index in [-0.39, 0.29) is 123 Å². The van der Waals surface area contributed by atoms with Gasteiger partial charge in [-0.05, 0) is 43.4 Å². The zero-order valence-electron chi connectivity index (χ0n) is 50.7. The number of unbranched alkanes of at least 4 members (excludes halogenated alkanes) is 30. The number of carbonyl (C=O) groups is 6. The molecule has 0 bridgehead atoms. The molecule has 1 aromatic carbocycles. The first kappa shape index (κ1) is 76.2. The number of amides is 2. The van der Waals surface area contributed by atoms with Gasteiger partial charge in [-0.3, -0.25) is 29.2 Å². The minimum absolute atomic E-state index is 0. The fourth-order valence-electron chi connectivity index (χ4n) is 11.1. The number of hydrogen-bond donors (Lipinski definition) is 1. The van der Waals surface area contributed by atoms with Crippen molar-refractivity contribution in [3.8, 4) is 0 Å². The summed E-state index contributed by atoms with van der Waals surface area (Å²) < 4.78 is 0. The van der Waals surface area contributed by atoms with Gasteiger partial charge in [-0.25, -0.2) is 0 Å². The van der Waals surface area contributed by atoms with Crippen LogP contribution in [0.3, 0.4) is 0 Å². The van der Waals surface area contributed by atoms with Crippen LogP contribution in [0.4, 0.5) is 5.69 Å². The fourth-order valence-corrected chi connectivity index (χ4v) is 11.1. The standard InChI is InChI=1S/C64H114N6O10.Gd/c1-3-5-7-9-11-13-15-17-19-21-23-25-27-29-31-33-43-70(44-34-32-30-28-26-24-22-20-18-16-14-12-10-8-6-4-2)60(72)42-41-59(71)65-57-38-35-56(36-39-57)37-40-58(64(79)80)69-51-49-67(54-62(75)76)47-45-66(53-61(73)74)46-48-68(50-52-69)55-63(77)78;/h35-36,38-39,58H,3-34,37,40-55H2,1-2H3,(H,65,71)(H,73,74)(H,75,76)(H,77,78)(H,79,80);/q;+3/p-4. The average molecular weight is 1280 g/mol.